The van der Waals surface area contributed by atoms with Crippen molar-refractivity contribution in [3.63, 3.8) is 0 Å². The van der Waals surface area contributed by atoms with Gasteiger partial charge in [-0.2, -0.15) is 0 Å². The number of hydrogen-bond donors (Lipinski definition) is 2. The van der Waals surface area contributed by atoms with Gasteiger partial charge >= 0.3 is 0 Å². The lowest BCUT2D eigenvalue weighted by molar-refractivity contribution is 0.170. The van der Waals surface area contributed by atoms with Gasteiger partial charge in [0.2, 0.25) is 0 Å². The molecular formula is C24H26ClNOS. The maximum atomic E-state index is 10.3. The number of rotatable bonds is 9. The molecule has 2 atom stereocenters. The Labute approximate surface area is 177 Å². The van der Waals surface area contributed by atoms with E-state index in [-0.39, 0.29) is 6.04 Å². The van der Waals surface area contributed by atoms with Crippen LogP contribution in [0.2, 0.25) is 5.02 Å². The summed E-state index contributed by atoms with van der Waals surface area (Å²) >= 11 is 7.85. The molecule has 0 aliphatic heterocycles. The summed E-state index contributed by atoms with van der Waals surface area (Å²) in [6.07, 6.45) is 0.365. The Bertz CT molecular complexity index is 854. The molecule has 4 heteroatoms. The number of hydrogen-bond acceptors (Lipinski definition) is 3. The first kappa shape index (κ1) is 20.9. The van der Waals surface area contributed by atoms with Gasteiger partial charge in [-0.05, 0) is 54.3 Å². The molecule has 0 aliphatic carbocycles. The van der Waals surface area contributed by atoms with E-state index in [9.17, 15) is 5.11 Å². The van der Waals surface area contributed by atoms with Crippen LogP contribution in [0.1, 0.15) is 29.7 Å². The fourth-order valence-electron chi connectivity index (χ4n) is 3.03. The zero-order valence-corrected chi connectivity index (χ0v) is 17.6. The average Bonchev–Trinajstić information content (AvgIpc) is 2.72. The predicted molar refractivity (Wildman–Crippen MR) is 120 cm³/mol. The maximum Gasteiger partial charge on any atom is 0.0914 e. The molecule has 0 aliphatic rings. The van der Waals surface area contributed by atoms with Crippen molar-refractivity contribution < 1.29 is 5.11 Å². The van der Waals surface area contributed by atoms with E-state index in [2.05, 4.69) is 60.8 Å². The summed E-state index contributed by atoms with van der Waals surface area (Å²) in [4.78, 5) is 1.28. The number of halogens is 1. The summed E-state index contributed by atoms with van der Waals surface area (Å²) in [5.41, 5.74) is 3.47. The molecule has 0 spiro atoms. The number of benzene rings is 3. The first-order valence-corrected chi connectivity index (χ1v) is 10.9. The molecule has 2 N–H and O–H groups in total. The van der Waals surface area contributed by atoms with Crippen LogP contribution in [0.15, 0.2) is 83.8 Å². The molecule has 0 bridgehead atoms. The first-order valence-electron chi connectivity index (χ1n) is 9.53. The zero-order chi connectivity index (χ0) is 19.8. The molecule has 2 unspecified atom stereocenters. The zero-order valence-electron chi connectivity index (χ0n) is 16.0. The van der Waals surface area contributed by atoms with Crippen molar-refractivity contribution in [3.05, 3.63) is 101 Å². The van der Waals surface area contributed by atoms with Crippen molar-refractivity contribution in [3.8, 4) is 0 Å². The van der Waals surface area contributed by atoms with E-state index in [1.165, 1.54) is 16.0 Å². The third-order valence-electron chi connectivity index (χ3n) is 4.61. The van der Waals surface area contributed by atoms with Crippen molar-refractivity contribution >= 4 is 23.4 Å². The Morgan fingerprint density at radius 3 is 2.39 bits per heavy atom. The van der Waals surface area contributed by atoms with E-state index < -0.39 is 6.10 Å². The highest BCUT2D eigenvalue weighted by atomic mass is 35.5. The van der Waals surface area contributed by atoms with Gasteiger partial charge in [-0.25, -0.2) is 0 Å². The summed E-state index contributed by atoms with van der Waals surface area (Å²) in [6, 6.07) is 27.0. The first-order chi connectivity index (χ1) is 13.6. The molecule has 0 fully saturated rings. The van der Waals surface area contributed by atoms with Crippen LogP contribution in [-0.4, -0.2) is 17.7 Å². The Morgan fingerprint density at radius 1 is 0.929 bits per heavy atom. The van der Waals surface area contributed by atoms with E-state index in [1.54, 1.807) is 0 Å². The van der Waals surface area contributed by atoms with Crippen molar-refractivity contribution in [2.75, 3.05) is 6.54 Å². The van der Waals surface area contributed by atoms with Gasteiger partial charge in [0, 0.05) is 28.3 Å². The van der Waals surface area contributed by atoms with Crippen molar-refractivity contribution in [1.82, 2.24) is 5.32 Å². The lowest BCUT2D eigenvalue weighted by atomic mass is 10.1. The molecule has 28 heavy (non-hydrogen) atoms. The van der Waals surface area contributed by atoms with Crippen LogP contribution < -0.4 is 5.32 Å². The Kier molecular flexibility index (Phi) is 7.99. The fourth-order valence-corrected chi connectivity index (χ4v) is 4.09. The van der Waals surface area contributed by atoms with Gasteiger partial charge in [0.25, 0.3) is 0 Å². The van der Waals surface area contributed by atoms with E-state index in [0.717, 1.165) is 17.7 Å². The highest BCUT2D eigenvalue weighted by Gasteiger charge is 2.10. The van der Waals surface area contributed by atoms with Crippen LogP contribution in [0.25, 0.3) is 0 Å². The second-order valence-corrected chi connectivity index (χ2v) is 8.49. The molecule has 3 aromatic rings. The van der Waals surface area contributed by atoms with Crippen LogP contribution in [0.3, 0.4) is 0 Å². The molecule has 0 saturated carbocycles. The SMILES string of the molecule is CC(Cc1ccc(SCc2ccccc2)cc1)NCC(O)c1cccc(Cl)c1. The summed E-state index contributed by atoms with van der Waals surface area (Å²) in [5, 5.41) is 14.4. The van der Waals surface area contributed by atoms with Crippen LogP contribution >= 0.6 is 23.4 Å². The normalized spacial score (nSPS) is 13.2. The van der Waals surface area contributed by atoms with Gasteiger partial charge in [-0.1, -0.05) is 66.2 Å². The fraction of sp³-hybridized carbons (Fsp3) is 0.250. The molecule has 146 valence electrons. The molecule has 0 amide bonds. The Hall–Kier alpha value is -1.78. The summed E-state index contributed by atoms with van der Waals surface area (Å²) in [5.74, 6) is 0.986. The largest absolute Gasteiger partial charge is 0.387 e. The minimum atomic E-state index is -0.557. The molecule has 0 radical (unpaired) electrons. The molecule has 0 heterocycles. The van der Waals surface area contributed by atoms with Gasteiger partial charge in [0.05, 0.1) is 6.10 Å². The molecule has 0 saturated heterocycles. The van der Waals surface area contributed by atoms with Crippen molar-refractivity contribution in [2.24, 2.45) is 0 Å². The minimum Gasteiger partial charge on any atom is -0.387 e. The molecule has 3 rings (SSSR count). The third-order valence-corrected chi connectivity index (χ3v) is 5.92. The van der Waals surface area contributed by atoms with E-state index >= 15 is 0 Å². The summed E-state index contributed by atoms with van der Waals surface area (Å²) < 4.78 is 0. The van der Waals surface area contributed by atoms with Gasteiger partial charge in [-0.3, -0.25) is 0 Å². The quantitative estimate of drug-likeness (QED) is 0.431. The van der Waals surface area contributed by atoms with Crippen molar-refractivity contribution in [2.45, 2.75) is 36.1 Å². The van der Waals surface area contributed by atoms with Gasteiger partial charge in [0.1, 0.15) is 0 Å². The van der Waals surface area contributed by atoms with Crippen molar-refractivity contribution in [1.29, 1.82) is 0 Å². The maximum absolute atomic E-state index is 10.3. The van der Waals surface area contributed by atoms with Gasteiger partial charge in [0.15, 0.2) is 0 Å². The second-order valence-electron chi connectivity index (χ2n) is 7.00. The topological polar surface area (TPSA) is 32.3 Å². The molecular weight excluding hydrogens is 386 g/mol. The van der Waals surface area contributed by atoms with E-state index in [0.29, 0.717) is 11.6 Å². The Balaban J connectivity index is 1.44. The number of aliphatic hydroxyl groups excluding tert-OH is 1. The molecule has 2 nitrogen and oxygen atoms in total. The molecule has 0 aromatic heterocycles. The third kappa shape index (κ3) is 6.68. The lowest BCUT2D eigenvalue weighted by Gasteiger charge is -2.18. The summed E-state index contributed by atoms with van der Waals surface area (Å²) in [6.45, 7) is 2.65. The number of aliphatic hydroxyl groups is 1. The van der Waals surface area contributed by atoms with Gasteiger partial charge < -0.3 is 10.4 Å². The highest BCUT2D eigenvalue weighted by molar-refractivity contribution is 7.98. The van der Waals surface area contributed by atoms with E-state index in [1.807, 2.05) is 42.1 Å². The lowest BCUT2D eigenvalue weighted by Crippen LogP contribution is -2.32. The molecule has 3 aromatic carbocycles. The van der Waals surface area contributed by atoms with Crippen LogP contribution in [0, 0.1) is 0 Å². The predicted octanol–water partition coefficient (Wildman–Crippen LogP) is 5.89. The monoisotopic (exact) mass is 411 g/mol. The smallest absolute Gasteiger partial charge is 0.0914 e. The number of thioether (sulfide) groups is 1. The van der Waals surface area contributed by atoms with Gasteiger partial charge in [-0.15, -0.1) is 11.8 Å². The van der Waals surface area contributed by atoms with E-state index in [4.69, 9.17) is 11.6 Å². The summed E-state index contributed by atoms with van der Waals surface area (Å²) in [7, 11) is 0. The number of nitrogens with one attached hydrogen (secondary N) is 1. The van der Waals surface area contributed by atoms with Crippen LogP contribution in [0.5, 0.6) is 0 Å². The average molecular weight is 412 g/mol. The Morgan fingerprint density at radius 2 is 1.68 bits per heavy atom. The second kappa shape index (κ2) is 10.7. The highest BCUT2D eigenvalue weighted by Crippen LogP contribution is 2.23. The standard InChI is InChI=1S/C24H26ClNOS/c1-18(26-16-24(27)21-8-5-9-22(25)15-21)14-19-10-12-23(13-11-19)28-17-20-6-3-2-4-7-20/h2-13,15,18,24,26-27H,14,16-17H2,1H3. The van der Waals surface area contributed by atoms with Crippen LogP contribution in [-0.2, 0) is 12.2 Å². The van der Waals surface area contributed by atoms with Crippen LogP contribution in [0.4, 0.5) is 0 Å². The minimum absolute atomic E-state index is 0.275.